The molecule has 6 nitrogen and oxygen atoms in total. The lowest BCUT2D eigenvalue weighted by atomic mass is 10.2. The molecule has 28 heavy (non-hydrogen) atoms. The Balaban J connectivity index is 1.75. The summed E-state index contributed by atoms with van der Waals surface area (Å²) in [7, 11) is 0. The van der Waals surface area contributed by atoms with Crippen molar-refractivity contribution in [1.29, 1.82) is 5.26 Å². The van der Waals surface area contributed by atoms with Gasteiger partial charge in [0.2, 0.25) is 5.95 Å². The molecule has 142 valence electrons. The Morgan fingerprint density at radius 2 is 1.50 bits per heavy atom. The van der Waals surface area contributed by atoms with Crippen LogP contribution in [0.2, 0.25) is 0 Å². The molecule has 0 saturated heterocycles. The minimum absolute atomic E-state index is 0.506. The van der Waals surface area contributed by atoms with Crippen LogP contribution in [0.15, 0.2) is 54.6 Å². The molecule has 0 fully saturated rings. The minimum Gasteiger partial charge on any atom is -0.372 e. The standard InChI is InChI=1S/C22H24N6/c1-4-28(5-2)20-12-10-18(11-13-20)25-21-14-16(3)24-22(27-21)26-19-8-6-17(15-23)7-9-19/h6-14H,4-5H2,1-3H3,(H2,24,25,26,27). The number of anilines is 5. The summed E-state index contributed by atoms with van der Waals surface area (Å²) in [6.07, 6.45) is 0. The van der Waals surface area contributed by atoms with E-state index >= 15 is 0 Å². The number of benzene rings is 2. The van der Waals surface area contributed by atoms with E-state index in [4.69, 9.17) is 5.26 Å². The van der Waals surface area contributed by atoms with Gasteiger partial charge in [-0.1, -0.05) is 0 Å². The fraction of sp³-hybridized carbons (Fsp3) is 0.227. The summed E-state index contributed by atoms with van der Waals surface area (Å²) < 4.78 is 0. The van der Waals surface area contributed by atoms with Crippen LogP contribution in [0.5, 0.6) is 0 Å². The number of nitrogens with zero attached hydrogens (tertiary/aromatic N) is 4. The number of nitriles is 1. The first kappa shape index (κ1) is 19.2. The Labute approximate surface area is 165 Å². The minimum atomic E-state index is 0.506. The van der Waals surface area contributed by atoms with Crippen molar-refractivity contribution in [2.75, 3.05) is 28.6 Å². The zero-order valence-corrected chi connectivity index (χ0v) is 16.4. The van der Waals surface area contributed by atoms with Crippen LogP contribution < -0.4 is 15.5 Å². The van der Waals surface area contributed by atoms with Crippen molar-refractivity contribution in [2.45, 2.75) is 20.8 Å². The molecule has 0 bridgehead atoms. The highest BCUT2D eigenvalue weighted by Gasteiger charge is 2.05. The number of aromatic nitrogens is 2. The van der Waals surface area contributed by atoms with Gasteiger partial charge in [0, 0.05) is 41.9 Å². The van der Waals surface area contributed by atoms with E-state index < -0.39 is 0 Å². The van der Waals surface area contributed by atoms with Crippen molar-refractivity contribution in [1.82, 2.24) is 9.97 Å². The number of rotatable bonds is 7. The monoisotopic (exact) mass is 372 g/mol. The van der Waals surface area contributed by atoms with Gasteiger partial charge in [-0.15, -0.1) is 0 Å². The third-order valence-electron chi connectivity index (χ3n) is 4.39. The lowest BCUT2D eigenvalue weighted by Crippen LogP contribution is -2.21. The van der Waals surface area contributed by atoms with Crippen molar-refractivity contribution < 1.29 is 0 Å². The molecular formula is C22H24N6. The summed E-state index contributed by atoms with van der Waals surface area (Å²) >= 11 is 0. The number of hydrogen-bond acceptors (Lipinski definition) is 6. The molecule has 3 rings (SSSR count). The largest absolute Gasteiger partial charge is 0.372 e. The molecule has 0 unspecified atom stereocenters. The maximum Gasteiger partial charge on any atom is 0.229 e. The van der Waals surface area contributed by atoms with E-state index in [0.717, 1.165) is 36.0 Å². The van der Waals surface area contributed by atoms with Gasteiger partial charge in [-0.25, -0.2) is 4.98 Å². The smallest absolute Gasteiger partial charge is 0.229 e. The van der Waals surface area contributed by atoms with E-state index in [-0.39, 0.29) is 0 Å². The van der Waals surface area contributed by atoms with Crippen molar-refractivity contribution in [2.24, 2.45) is 0 Å². The van der Waals surface area contributed by atoms with Gasteiger partial charge in [0.05, 0.1) is 11.6 Å². The molecule has 0 radical (unpaired) electrons. The number of aryl methyl sites for hydroxylation is 1. The first-order valence-electron chi connectivity index (χ1n) is 9.36. The quantitative estimate of drug-likeness (QED) is 0.608. The average Bonchev–Trinajstić information content (AvgIpc) is 2.70. The van der Waals surface area contributed by atoms with E-state index in [1.807, 2.05) is 25.1 Å². The molecule has 2 aromatic carbocycles. The molecule has 0 spiro atoms. The summed E-state index contributed by atoms with van der Waals surface area (Å²) in [4.78, 5) is 11.3. The SMILES string of the molecule is CCN(CC)c1ccc(Nc2cc(C)nc(Nc3ccc(C#N)cc3)n2)cc1. The Bertz CT molecular complexity index is 954. The van der Waals surface area contributed by atoms with Crippen LogP contribution in [-0.2, 0) is 0 Å². The van der Waals surface area contributed by atoms with Crippen LogP contribution in [0.1, 0.15) is 25.1 Å². The lowest BCUT2D eigenvalue weighted by molar-refractivity contribution is 0.866. The highest BCUT2D eigenvalue weighted by Crippen LogP contribution is 2.22. The molecule has 6 heteroatoms. The van der Waals surface area contributed by atoms with Gasteiger partial charge in [0.1, 0.15) is 5.82 Å². The summed E-state index contributed by atoms with van der Waals surface area (Å²) in [6, 6.07) is 19.5. The highest BCUT2D eigenvalue weighted by atomic mass is 15.1. The zero-order chi connectivity index (χ0) is 19.9. The summed E-state index contributed by atoms with van der Waals surface area (Å²) in [5.74, 6) is 1.23. The molecule has 0 aliphatic rings. The fourth-order valence-electron chi connectivity index (χ4n) is 2.94. The van der Waals surface area contributed by atoms with E-state index in [1.165, 1.54) is 5.69 Å². The molecule has 0 aliphatic heterocycles. The molecule has 3 aromatic rings. The van der Waals surface area contributed by atoms with Crippen LogP contribution in [0.3, 0.4) is 0 Å². The number of hydrogen-bond donors (Lipinski definition) is 2. The second-order valence-electron chi connectivity index (χ2n) is 6.38. The van der Waals surface area contributed by atoms with Gasteiger partial charge in [-0.3, -0.25) is 0 Å². The first-order chi connectivity index (χ1) is 13.6. The predicted octanol–water partition coefficient (Wildman–Crippen LogP) is 4.99. The predicted molar refractivity (Wildman–Crippen MR) is 114 cm³/mol. The Hall–Kier alpha value is -3.59. The van der Waals surface area contributed by atoms with E-state index in [1.54, 1.807) is 12.1 Å². The molecule has 0 amide bonds. The van der Waals surface area contributed by atoms with Crippen LogP contribution in [0, 0.1) is 18.3 Å². The fourth-order valence-corrected chi connectivity index (χ4v) is 2.94. The topological polar surface area (TPSA) is 76.9 Å². The average molecular weight is 372 g/mol. The van der Waals surface area contributed by atoms with E-state index in [2.05, 4.69) is 69.7 Å². The van der Waals surface area contributed by atoms with Gasteiger partial charge >= 0.3 is 0 Å². The first-order valence-corrected chi connectivity index (χ1v) is 9.36. The maximum atomic E-state index is 8.90. The van der Waals surface area contributed by atoms with Crippen molar-refractivity contribution in [3.05, 3.63) is 65.9 Å². The van der Waals surface area contributed by atoms with Crippen LogP contribution in [-0.4, -0.2) is 23.1 Å². The Morgan fingerprint density at radius 1 is 0.893 bits per heavy atom. The Kier molecular flexibility index (Phi) is 6.07. The number of nitrogens with one attached hydrogen (secondary N) is 2. The molecule has 1 aromatic heterocycles. The molecule has 0 saturated carbocycles. The lowest BCUT2D eigenvalue weighted by Gasteiger charge is -2.21. The second-order valence-corrected chi connectivity index (χ2v) is 6.38. The van der Waals surface area contributed by atoms with Crippen LogP contribution >= 0.6 is 0 Å². The highest BCUT2D eigenvalue weighted by molar-refractivity contribution is 5.63. The van der Waals surface area contributed by atoms with Crippen LogP contribution in [0.25, 0.3) is 0 Å². The molecule has 1 heterocycles. The van der Waals surface area contributed by atoms with Crippen molar-refractivity contribution >= 4 is 28.8 Å². The molecular weight excluding hydrogens is 348 g/mol. The summed E-state index contributed by atoms with van der Waals surface area (Å²) in [6.45, 7) is 8.21. The zero-order valence-electron chi connectivity index (χ0n) is 16.4. The van der Waals surface area contributed by atoms with Crippen molar-refractivity contribution in [3.8, 4) is 6.07 Å². The Morgan fingerprint density at radius 3 is 2.11 bits per heavy atom. The van der Waals surface area contributed by atoms with Crippen molar-refractivity contribution in [3.63, 3.8) is 0 Å². The molecule has 2 N–H and O–H groups in total. The van der Waals surface area contributed by atoms with Gasteiger partial charge < -0.3 is 15.5 Å². The third kappa shape index (κ3) is 4.77. The second kappa shape index (κ2) is 8.87. The van der Waals surface area contributed by atoms with E-state index in [0.29, 0.717) is 11.5 Å². The van der Waals surface area contributed by atoms with Gasteiger partial charge in [-0.05, 0) is 69.3 Å². The van der Waals surface area contributed by atoms with Gasteiger partial charge in [0.25, 0.3) is 0 Å². The normalized spacial score (nSPS) is 10.2. The summed E-state index contributed by atoms with van der Waals surface area (Å²) in [5.41, 5.74) is 4.48. The maximum absolute atomic E-state index is 8.90. The molecule has 0 aliphatic carbocycles. The molecule has 0 atom stereocenters. The van der Waals surface area contributed by atoms with Gasteiger partial charge in [0.15, 0.2) is 0 Å². The van der Waals surface area contributed by atoms with Crippen LogP contribution in [0.4, 0.5) is 28.8 Å². The third-order valence-corrected chi connectivity index (χ3v) is 4.39. The van der Waals surface area contributed by atoms with E-state index in [9.17, 15) is 0 Å². The van der Waals surface area contributed by atoms with Gasteiger partial charge in [-0.2, -0.15) is 10.2 Å². The summed E-state index contributed by atoms with van der Waals surface area (Å²) in [5, 5.41) is 15.4.